The zero-order valence-electron chi connectivity index (χ0n) is 17.6. The number of rotatable bonds is 8. The van der Waals surface area contributed by atoms with E-state index in [1.807, 2.05) is 6.07 Å². The molecule has 2 aliphatic rings. The van der Waals surface area contributed by atoms with Gasteiger partial charge in [0, 0.05) is 6.04 Å². The molecule has 1 aromatic carbocycles. The van der Waals surface area contributed by atoms with Crippen LogP contribution < -0.4 is 5.73 Å². The maximum absolute atomic E-state index is 13.9. The van der Waals surface area contributed by atoms with E-state index in [9.17, 15) is 14.3 Å². The summed E-state index contributed by atoms with van der Waals surface area (Å²) in [6.45, 7) is 1.62. The number of unbranched alkanes of at least 4 members (excludes halogenated alkanes) is 1. The van der Waals surface area contributed by atoms with E-state index in [0.29, 0.717) is 25.7 Å². The van der Waals surface area contributed by atoms with Crippen LogP contribution in [0, 0.1) is 11.7 Å². The highest BCUT2D eigenvalue weighted by atomic mass is 19.1. The Hall–Kier alpha value is -1.48. The Morgan fingerprint density at radius 1 is 1.20 bits per heavy atom. The van der Waals surface area contributed by atoms with Crippen molar-refractivity contribution < 1.29 is 24.3 Å². The number of halogens is 1. The highest BCUT2D eigenvalue weighted by molar-refractivity contribution is 6.40. The highest BCUT2D eigenvalue weighted by Gasteiger charge is 2.42. The Balaban J connectivity index is 1.66. The summed E-state index contributed by atoms with van der Waals surface area (Å²) in [6, 6.07) is 5.29. The van der Waals surface area contributed by atoms with Crippen molar-refractivity contribution in [2.75, 3.05) is 13.1 Å². The number of fused-ring (bicyclic) bond motifs is 1. The first kappa shape index (κ1) is 23.2. The van der Waals surface area contributed by atoms with Gasteiger partial charge in [-0.15, -0.1) is 0 Å². The number of aryl methyl sites for hydroxylation is 1. The predicted octanol–water partition coefficient (Wildman–Crippen LogP) is 2.73. The summed E-state index contributed by atoms with van der Waals surface area (Å²) in [5, 5.41) is 27.9. The standard InChI is InChI=1S/C22H34BFN2O4/c24-18-9-8-16-5-3-7-20(19(16)15-18)26-13-4-6-17(10-14-26)22(25,21(27)28)11-1-2-12-23(29)30/h8-9,15,17,20,29-30H,1-7,10-14,25H2,(H,27,28). The first-order valence-corrected chi connectivity index (χ1v) is 11.2. The number of likely N-dealkylation sites (tertiary alicyclic amines) is 1. The van der Waals surface area contributed by atoms with Gasteiger partial charge in [-0.2, -0.15) is 0 Å². The second-order valence-corrected chi connectivity index (χ2v) is 8.99. The molecule has 0 amide bonds. The molecule has 1 aromatic rings. The number of carboxylic acid groups (broad SMARTS) is 1. The number of nitrogens with zero attached hydrogens (tertiary/aromatic N) is 1. The molecule has 0 bridgehead atoms. The summed E-state index contributed by atoms with van der Waals surface area (Å²) in [7, 11) is -1.36. The van der Waals surface area contributed by atoms with Crippen LogP contribution in [0.3, 0.4) is 0 Å². The molecule has 3 rings (SSSR count). The SMILES string of the molecule is NC(CCCCB(O)O)(C(=O)O)C1CCCN(C2CCCc3ccc(F)cc32)CC1. The number of carbonyl (C=O) groups is 1. The van der Waals surface area contributed by atoms with E-state index in [0.717, 1.165) is 50.8 Å². The van der Waals surface area contributed by atoms with E-state index in [1.165, 1.54) is 11.6 Å². The number of carboxylic acids is 1. The van der Waals surface area contributed by atoms with Gasteiger partial charge in [-0.1, -0.05) is 18.9 Å². The van der Waals surface area contributed by atoms with Crippen molar-refractivity contribution in [3.8, 4) is 0 Å². The van der Waals surface area contributed by atoms with Gasteiger partial charge >= 0.3 is 13.1 Å². The van der Waals surface area contributed by atoms with Crippen molar-refractivity contribution in [2.45, 2.75) is 75.7 Å². The number of hydrogen-bond donors (Lipinski definition) is 4. The number of hydrogen-bond acceptors (Lipinski definition) is 5. The zero-order valence-corrected chi connectivity index (χ0v) is 17.6. The van der Waals surface area contributed by atoms with Crippen molar-refractivity contribution in [1.29, 1.82) is 0 Å². The maximum atomic E-state index is 13.9. The molecule has 166 valence electrons. The molecule has 1 aliphatic carbocycles. The van der Waals surface area contributed by atoms with Gasteiger partial charge in [-0.25, -0.2) is 4.39 Å². The summed E-state index contributed by atoms with van der Waals surface area (Å²) in [5.74, 6) is -1.31. The molecule has 0 radical (unpaired) electrons. The van der Waals surface area contributed by atoms with Crippen LogP contribution >= 0.6 is 0 Å². The van der Waals surface area contributed by atoms with E-state index >= 15 is 0 Å². The minimum Gasteiger partial charge on any atom is -0.480 e. The average Bonchev–Trinajstić information content (AvgIpc) is 2.97. The predicted molar refractivity (Wildman–Crippen MR) is 114 cm³/mol. The Morgan fingerprint density at radius 3 is 2.73 bits per heavy atom. The zero-order chi connectivity index (χ0) is 21.7. The fourth-order valence-electron chi connectivity index (χ4n) is 5.30. The Bertz CT molecular complexity index is 735. The fraction of sp³-hybridized carbons (Fsp3) is 0.682. The minimum absolute atomic E-state index is 0.130. The van der Waals surface area contributed by atoms with Crippen molar-refractivity contribution in [3.63, 3.8) is 0 Å². The van der Waals surface area contributed by atoms with Gasteiger partial charge < -0.3 is 20.9 Å². The molecule has 8 heteroatoms. The Labute approximate surface area is 178 Å². The lowest BCUT2D eigenvalue weighted by Gasteiger charge is -2.36. The normalized spacial score (nSPS) is 24.5. The van der Waals surface area contributed by atoms with Crippen LogP contribution in [0.4, 0.5) is 4.39 Å². The summed E-state index contributed by atoms with van der Waals surface area (Å²) in [5.41, 5.74) is 7.43. The van der Waals surface area contributed by atoms with Crippen molar-refractivity contribution in [1.82, 2.24) is 4.90 Å². The average molecular weight is 420 g/mol. The number of aliphatic carboxylic acids is 1. The van der Waals surface area contributed by atoms with Crippen LogP contribution in [-0.4, -0.2) is 51.8 Å². The van der Waals surface area contributed by atoms with Gasteiger partial charge in [0.2, 0.25) is 0 Å². The lowest BCUT2D eigenvalue weighted by molar-refractivity contribution is -0.146. The topological polar surface area (TPSA) is 107 Å². The molecule has 1 fully saturated rings. The van der Waals surface area contributed by atoms with Crippen molar-refractivity contribution >= 4 is 13.1 Å². The molecular formula is C22H34BFN2O4. The van der Waals surface area contributed by atoms with Gasteiger partial charge in [0.1, 0.15) is 11.4 Å². The molecule has 5 N–H and O–H groups in total. The minimum atomic E-state index is -1.36. The molecule has 3 unspecified atom stereocenters. The summed E-state index contributed by atoms with van der Waals surface area (Å²) >= 11 is 0. The molecule has 6 nitrogen and oxygen atoms in total. The quantitative estimate of drug-likeness (QED) is 0.381. The van der Waals surface area contributed by atoms with E-state index in [-0.39, 0.29) is 24.1 Å². The van der Waals surface area contributed by atoms with Gasteiger partial charge in [0.25, 0.3) is 0 Å². The Morgan fingerprint density at radius 2 is 2.00 bits per heavy atom. The lowest BCUT2D eigenvalue weighted by Crippen LogP contribution is -2.54. The van der Waals surface area contributed by atoms with Crippen LogP contribution in [0.15, 0.2) is 18.2 Å². The summed E-state index contributed by atoms with van der Waals surface area (Å²) in [4.78, 5) is 14.5. The largest absolute Gasteiger partial charge is 0.480 e. The van der Waals surface area contributed by atoms with Gasteiger partial charge in [0.15, 0.2) is 0 Å². The van der Waals surface area contributed by atoms with Gasteiger partial charge in [-0.3, -0.25) is 9.69 Å². The van der Waals surface area contributed by atoms with E-state index in [2.05, 4.69) is 4.90 Å². The second-order valence-electron chi connectivity index (χ2n) is 8.99. The van der Waals surface area contributed by atoms with E-state index < -0.39 is 18.6 Å². The summed E-state index contributed by atoms with van der Waals surface area (Å²) < 4.78 is 13.9. The number of benzene rings is 1. The molecule has 0 aromatic heterocycles. The third-order valence-corrected chi connectivity index (χ3v) is 7.02. The van der Waals surface area contributed by atoms with E-state index in [4.69, 9.17) is 15.8 Å². The summed E-state index contributed by atoms with van der Waals surface area (Å²) in [6.07, 6.45) is 7.03. The molecule has 1 saturated heterocycles. The maximum Gasteiger partial charge on any atom is 0.451 e. The lowest BCUT2D eigenvalue weighted by atomic mass is 9.75. The smallest absolute Gasteiger partial charge is 0.451 e. The molecule has 1 aliphatic heterocycles. The van der Waals surface area contributed by atoms with Crippen LogP contribution in [0.25, 0.3) is 0 Å². The van der Waals surface area contributed by atoms with Gasteiger partial charge in [-0.05, 0) is 93.5 Å². The van der Waals surface area contributed by atoms with Crippen LogP contribution in [-0.2, 0) is 11.2 Å². The van der Waals surface area contributed by atoms with Crippen LogP contribution in [0.1, 0.15) is 68.5 Å². The molecule has 0 spiro atoms. The molecule has 0 saturated carbocycles. The molecule has 1 heterocycles. The first-order chi connectivity index (χ1) is 14.3. The van der Waals surface area contributed by atoms with Crippen molar-refractivity contribution in [3.05, 3.63) is 35.1 Å². The molecule has 3 atom stereocenters. The van der Waals surface area contributed by atoms with E-state index in [1.54, 1.807) is 6.07 Å². The van der Waals surface area contributed by atoms with Crippen molar-refractivity contribution in [2.24, 2.45) is 11.7 Å². The van der Waals surface area contributed by atoms with Crippen LogP contribution in [0.5, 0.6) is 0 Å². The van der Waals surface area contributed by atoms with Gasteiger partial charge in [0.05, 0.1) is 0 Å². The molecular weight excluding hydrogens is 386 g/mol. The number of nitrogens with two attached hydrogens (primary N) is 1. The monoisotopic (exact) mass is 420 g/mol. The fourth-order valence-corrected chi connectivity index (χ4v) is 5.30. The van der Waals surface area contributed by atoms with Crippen LogP contribution in [0.2, 0.25) is 6.32 Å². The Kier molecular flexibility index (Phi) is 7.90. The highest BCUT2D eigenvalue weighted by Crippen LogP contribution is 2.38. The third kappa shape index (κ3) is 5.41. The first-order valence-electron chi connectivity index (χ1n) is 11.2. The second kappa shape index (κ2) is 10.2. The third-order valence-electron chi connectivity index (χ3n) is 7.02. The molecule has 30 heavy (non-hydrogen) atoms.